The van der Waals surface area contributed by atoms with Crippen molar-refractivity contribution in [2.24, 2.45) is 0 Å². The summed E-state index contributed by atoms with van der Waals surface area (Å²) in [5, 5.41) is 2.45. The van der Waals surface area contributed by atoms with Crippen LogP contribution in [0.1, 0.15) is 15.9 Å². The minimum atomic E-state index is -0.469. The number of hydrogen-bond donors (Lipinski definition) is 1. The topological polar surface area (TPSA) is 49.4 Å². The Hall–Kier alpha value is -1.57. The monoisotopic (exact) mass is 442 g/mol. The zero-order valence-corrected chi connectivity index (χ0v) is 16.7. The molecule has 0 radical (unpaired) electrons. The number of carbonyl (C=O) groups is 2. The van der Waals surface area contributed by atoms with Gasteiger partial charge in [-0.2, -0.15) is 5.01 Å². The number of halogens is 3. The second kappa shape index (κ2) is 7.98. The van der Waals surface area contributed by atoms with E-state index in [9.17, 15) is 9.59 Å². The highest BCUT2D eigenvalue weighted by atomic mass is 35.5. The molecule has 1 aliphatic heterocycles. The minimum Gasteiger partial charge on any atom is -0.267 e. The molecule has 4 nitrogen and oxygen atoms in total. The van der Waals surface area contributed by atoms with E-state index >= 15 is 0 Å². The number of benzene rings is 2. The number of hydrogen-bond acceptors (Lipinski definition) is 4. The molecule has 1 saturated heterocycles. The minimum absolute atomic E-state index is 0.216. The molecule has 1 N–H and O–H groups in total. The Balaban J connectivity index is 1.79. The van der Waals surface area contributed by atoms with Gasteiger partial charge in [0.05, 0.1) is 4.91 Å². The molecule has 2 aromatic carbocycles. The molecule has 0 spiro atoms. The summed E-state index contributed by atoms with van der Waals surface area (Å²) in [5.74, 6) is -0.905. The number of nitrogens with zero attached hydrogens (tertiary/aromatic N) is 1. The van der Waals surface area contributed by atoms with Crippen LogP contribution in [0, 0.1) is 0 Å². The van der Waals surface area contributed by atoms with E-state index in [1.807, 2.05) is 0 Å². The Morgan fingerprint density at radius 3 is 2.38 bits per heavy atom. The quantitative estimate of drug-likeness (QED) is 0.524. The number of thiocarbonyl (C=S) groups is 1. The van der Waals surface area contributed by atoms with Crippen LogP contribution in [-0.4, -0.2) is 21.1 Å². The zero-order valence-electron chi connectivity index (χ0n) is 12.8. The molecule has 0 saturated carbocycles. The first-order valence-corrected chi connectivity index (χ1v) is 9.50. The van der Waals surface area contributed by atoms with E-state index in [0.717, 1.165) is 16.8 Å². The molecule has 1 fully saturated rings. The Kier molecular flexibility index (Phi) is 5.89. The predicted molar refractivity (Wildman–Crippen MR) is 110 cm³/mol. The normalized spacial score (nSPS) is 15.7. The molecule has 3 rings (SSSR count). The maximum absolute atomic E-state index is 12.6. The van der Waals surface area contributed by atoms with Crippen molar-refractivity contribution in [3.63, 3.8) is 0 Å². The number of carbonyl (C=O) groups excluding carboxylic acids is 2. The molecule has 0 aromatic heterocycles. The molecule has 26 heavy (non-hydrogen) atoms. The predicted octanol–water partition coefficient (Wildman–Crippen LogP) is 5.19. The van der Waals surface area contributed by atoms with Gasteiger partial charge in [-0.15, -0.1) is 0 Å². The smallest absolute Gasteiger partial charge is 0.267 e. The Morgan fingerprint density at radius 2 is 1.73 bits per heavy atom. The van der Waals surface area contributed by atoms with Gasteiger partial charge in [-0.05, 0) is 60.3 Å². The van der Waals surface area contributed by atoms with Gasteiger partial charge in [0.15, 0.2) is 4.32 Å². The van der Waals surface area contributed by atoms with E-state index in [0.29, 0.717) is 31.1 Å². The van der Waals surface area contributed by atoms with Crippen LogP contribution >= 0.6 is 58.8 Å². The van der Waals surface area contributed by atoms with Crippen LogP contribution in [0.15, 0.2) is 47.4 Å². The molecular formula is C17H9Cl3N2O2S2. The van der Waals surface area contributed by atoms with Crippen molar-refractivity contribution in [1.82, 2.24) is 10.4 Å². The van der Waals surface area contributed by atoms with Crippen LogP contribution in [0.2, 0.25) is 15.1 Å². The van der Waals surface area contributed by atoms with E-state index in [4.69, 9.17) is 47.0 Å². The van der Waals surface area contributed by atoms with Crippen molar-refractivity contribution < 1.29 is 9.59 Å². The lowest BCUT2D eigenvalue weighted by molar-refractivity contribution is -0.123. The Bertz CT molecular complexity index is 946. The number of hydrazine groups is 1. The van der Waals surface area contributed by atoms with E-state index in [-0.39, 0.29) is 4.32 Å². The van der Waals surface area contributed by atoms with E-state index in [2.05, 4.69) is 5.43 Å². The Labute approximate surface area is 174 Å². The summed E-state index contributed by atoms with van der Waals surface area (Å²) in [6.45, 7) is 0. The third kappa shape index (κ3) is 4.22. The van der Waals surface area contributed by atoms with Crippen LogP contribution in [0.5, 0.6) is 0 Å². The molecule has 0 bridgehead atoms. The van der Waals surface area contributed by atoms with Crippen molar-refractivity contribution in [2.75, 3.05) is 0 Å². The average Bonchev–Trinajstić information content (AvgIpc) is 2.85. The van der Waals surface area contributed by atoms with Gasteiger partial charge in [0.1, 0.15) is 0 Å². The summed E-state index contributed by atoms with van der Waals surface area (Å²) in [4.78, 5) is 25.2. The summed E-state index contributed by atoms with van der Waals surface area (Å²) in [7, 11) is 0. The number of amides is 2. The standard InChI is InChI=1S/C17H9Cl3N2O2S2/c18-11-4-1-9(2-5-11)15(23)21-22-16(24)14(26-17(22)25)7-10-3-6-12(19)8-13(10)20/h1-8H,(H,21,23)/b14-7-. The number of rotatable bonds is 3. The molecule has 9 heteroatoms. The third-order valence-electron chi connectivity index (χ3n) is 3.36. The molecule has 2 amide bonds. The van der Waals surface area contributed by atoms with Crippen LogP contribution < -0.4 is 5.43 Å². The third-order valence-corrected chi connectivity index (χ3v) is 5.48. The van der Waals surface area contributed by atoms with Crippen molar-refractivity contribution in [3.05, 3.63) is 73.6 Å². The van der Waals surface area contributed by atoms with Gasteiger partial charge >= 0.3 is 0 Å². The zero-order chi connectivity index (χ0) is 18.8. The molecule has 132 valence electrons. The van der Waals surface area contributed by atoms with Gasteiger partial charge in [-0.1, -0.05) is 52.6 Å². The summed E-state index contributed by atoms with van der Waals surface area (Å²) in [6.07, 6.45) is 1.60. The fourth-order valence-electron chi connectivity index (χ4n) is 2.09. The lowest BCUT2D eigenvalue weighted by Gasteiger charge is -2.15. The summed E-state index contributed by atoms with van der Waals surface area (Å²) < 4.78 is 0.216. The fraction of sp³-hybridized carbons (Fsp3) is 0. The molecule has 1 aliphatic rings. The van der Waals surface area contributed by atoms with Gasteiger partial charge in [0.25, 0.3) is 11.8 Å². The summed E-state index contributed by atoms with van der Waals surface area (Å²) in [6, 6.07) is 11.2. The largest absolute Gasteiger partial charge is 0.285 e. The van der Waals surface area contributed by atoms with Gasteiger partial charge in [0, 0.05) is 20.6 Å². The van der Waals surface area contributed by atoms with Gasteiger partial charge < -0.3 is 0 Å². The molecule has 0 aliphatic carbocycles. The van der Waals surface area contributed by atoms with Crippen LogP contribution in [0.3, 0.4) is 0 Å². The Morgan fingerprint density at radius 1 is 1.08 bits per heavy atom. The average molecular weight is 444 g/mol. The summed E-state index contributed by atoms with van der Waals surface area (Å²) >= 11 is 24.1. The maximum atomic E-state index is 12.6. The van der Waals surface area contributed by atoms with E-state index in [1.165, 1.54) is 0 Å². The van der Waals surface area contributed by atoms with Crippen molar-refractivity contribution in [2.45, 2.75) is 0 Å². The van der Waals surface area contributed by atoms with Crippen LogP contribution in [0.25, 0.3) is 6.08 Å². The van der Waals surface area contributed by atoms with Crippen molar-refractivity contribution in [1.29, 1.82) is 0 Å². The molecule has 0 atom stereocenters. The molecular weight excluding hydrogens is 435 g/mol. The molecule has 2 aromatic rings. The first kappa shape index (κ1) is 19.2. The van der Waals surface area contributed by atoms with Crippen molar-refractivity contribution in [3.8, 4) is 0 Å². The second-order valence-electron chi connectivity index (χ2n) is 5.13. The number of nitrogens with one attached hydrogen (secondary N) is 1. The van der Waals surface area contributed by atoms with Crippen LogP contribution in [-0.2, 0) is 4.79 Å². The lowest BCUT2D eigenvalue weighted by Crippen LogP contribution is -2.44. The molecule has 0 unspecified atom stereocenters. The first-order chi connectivity index (χ1) is 12.3. The lowest BCUT2D eigenvalue weighted by atomic mass is 10.2. The maximum Gasteiger partial charge on any atom is 0.285 e. The molecule has 1 heterocycles. The van der Waals surface area contributed by atoms with Crippen molar-refractivity contribution >= 4 is 81.0 Å². The highest BCUT2D eigenvalue weighted by Gasteiger charge is 2.33. The van der Waals surface area contributed by atoms with Gasteiger partial charge in [-0.25, -0.2) is 0 Å². The fourth-order valence-corrected chi connectivity index (χ4v) is 3.85. The highest BCUT2D eigenvalue weighted by Crippen LogP contribution is 2.33. The highest BCUT2D eigenvalue weighted by molar-refractivity contribution is 8.26. The van der Waals surface area contributed by atoms with Crippen LogP contribution in [0.4, 0.5) is 0 Å². The second-order valence-corrected chi connectivity index (χ2v) is 8.09. The van der Waals surface area contributed by atoms with Gasteiger partial charge in [0.2, 0.25) is 0 Å². The van der Waals surface area contributed by atoms with Gasteiger partial charge in [-0.3, -0.25) is 15.0 Å². The van der Waals surface area contributed by atoms with E-state index < -0.39 is 11.8 Å². The number of thioether (sulfide) groups is 1. The first-order valence-electron chi connectivity index (χ1n) is 7.15. The summed E-state index contributed by atoms with van der Waals surface area (Å²) in [5.41, 5.74) is 3.48. The van der Waals surface area contributed by atoms with E-state index in [1.54, 1.807) is 48.5 Å². The SMILES string of the molecule is O=C(NN1C(=O)/C(=C/c2ccc(Cl)cc2Cl)SC1=S)c1ccc(Cl)cc1.